The average Bonchev–Trinajstić information content (AvgIpc) is 3.08. The maximum Gasteiger partial charge on any atom is 0.275 e. The zero-order valence-corrected chi connectivity index (χ0v) is 17.8. The van der Waals surface area contributed by atoms with Crippen LogP contribution in [-0.2, 0) is 12.0 Å². The van der Waals surface area contributed by atoms with Crippen molar-refractivity contribution in [3.05, 3.63) is 89.8 Å². The second-order valence-corrected chi connectivity index (χ2v) is 8.81. The number of benzene rings is 2. The van der Waals surface area contributed by atoms with Crippen LogP contribution in [0.1, 0.15) is 41.9 Å². The monoisotopic (exact) mass is 400 g/mol. The fourth-order valence-corrected chi connectivity index (χ4v) is 4.34. The van der Waals surface area contributed by atoms with Crippen LogP contribution >= 0.6 is 0 Å². The number of amides is 1. The van der Waals surface area contributed by atoms with E-state index in [2.05, 4.69) is 48.4 Å². The molecule has 0 aliphatic heterocycles. The molecule has 0 N–H and O–H groups in total. The highest BCUT2D eigenvalue weighted by Gasteiger charge is 2.62. The van der Waals surface area contributed by atoms with Gasteiger partial charge in [0.15, 0.2) is 5.69 Å². The first-order valence-corrected chi connectivity index (χ1v) is 10.3. The molecular weight excluding hydrogens is 372 g/mol. The van der Waals surface area contributed by atoms with Crippen molar-refractivity contribution >= 4 is 12.0 Å². The topological polar surface area (TPSA) is 51.0 Å². The lowest BCUT2D eigenvalue weighted by Gasteiger charge is -2.27. The minimum Gasteiger partial charge on any atom is -0.339 e. The lowest BCUT2D eigenvalue weighted by atomic mass is 9.87. The minimum atomic E-state index is -0.0914. The van der Waals surface area contributed by atoms with Crippen LogP contribution in [0.15, 0.2) is 72.9 Å². The fourth-order valence-electron chi connectivity index (χ4n) is 4.34. The van der Waals surface area contributed by atoms with Gasteiger partial charge in [-0.15, -0.1) is 5.10 Å². The van der Waals surface area contributed by atoms with Gasteiger partial charge in [-0.1, -0.05) is 91.9 Å². The summed E-state index contributed by atoms with van der Waals surface area (Å²) in [6, 6.07) is 20.6. The van der Waals surface area contributed by atoms with E-state index in [1.807, 2.05) is 55.6 Å². The van der Waals surface area contributed by atoms with Crippen molar-refractivity contribution in [1.29, 1.82) is 0 Å². The molecule has 1 aromatic heterocycles. The number of hydrogen-bond acceptors (Lipinski definition) is 3. The molecule has 0 saturated heterocycles. The molecule has 0 spiro atoms. The summed E-state index contributed by atoms with van der Waals surface area (Å²) in [7, 11) is 1.86. The van der Waals surface area contributed by atoms with E-state index in [4.69, 9.17) is 0 Å². The Kier molecular flexibility index (Phi) is 5.29. The van der Waals surface area contributed by atoms with Crippen molar-refractivity contribution < 1.29 is 4.79 Å². The van der Waals surface area contributed by atoms with Crippen molar-refractivity contribution in [3.63, 3.8) is 0 Å². The van der Waals surface area contributed by atoms with Crippen LogP contribution in [0.3, 0.4) is 0 Å². The highest BCUT2D eigenvalue weighted by Crippen LogP contribution is 2.64. The highest BCUT2D eigenvalue weighted by molar-refractivity contribution is 5.91. The van der Waals surface area contributed by atoms with Crippen LogP contribution in [0.25, 0.3) is 6.08 Å². The molecule has 0 radical (unpaired) electrons. The quantitative estimate of drug-likeness (QED) is 0.589. The molecule has 4 rings (SSSR count). The van der Waals surface area contributed by atoms with Gasteiger partial charge in [0.05, 0.1) is 12.7 Å². The van der Waals surface area contributed by atoms with E-state index in [0.29, 0.717) is 18.8 Å². The summed E-state index contributed by atoms with van der Waals surface area (Å²) in [6.45, 7) is 5.78. The number of rotatable bonds is 7. The zero-order chi connectivity index (χ0) is 21.2. The summed E-state index contributed by atoms with van der Waals surface area (Å²) in [6.07, 6.45) is 6.84. The molecule has 1 amide bonds. The Hall–Kier alpha value is -3.21. The third-order valence-corrected chi connectivity index (χ3v) is 6.25. The van der Waals surface area contributed by atoms with E-state index in [1.165, 1.54) is 5.56 Å². The van der Waals surface area contributed by atoms with Gasteiger partial charge in [-0.05, 0) is 23.0 Å². The van der Waals surface area contributed by atoms with Crippen molar-refractivity contribution in [2.45, 2.75) is 32.2 Å². The van der Waals surface area contributed by atoms with E-state index in [0.717, 1.165) is 12.0 Å². The summed E-state index contributed by atoms with van der Waals surface area (Å²) >= 11 is 0. The van der Waals surface area contributed by atoms with Crippen molar-refractivity contribution in [2.24, 2.45) is 5.41 Å². The van der Waals surface area contributed by atoms with Crippen LogP contribution in [0.4, 0.5) is 0 Å². The first-order valence-electron chi connectivity index (χ1n) is 10.3. The zero-order valence-electron chi connectivity index (χ0n) is 17.8. The number of allylic oxidation sites excluding steroid dienone is 1. The molecule has 1 saturated carbocycles. The second-order valence-electron chi connectivity index (χ2n) is 8.81. The highest BCUT2D eigenvalue weighted by atomic mass is 16.2. The maximum absolute atomic E-state index is 13.0. The summed E-state index contributed by atoms with van der Waals surface area (Å²) in [4.78, 5) is 14.8. The van der Waals surface area contributed by atoms with Gasteiger partial charge in [-0.25, -0.2) is 4.68 Å². The Morgan fingerprint density at radius 3 is 2.37 bits per heavy atom. The summed E-state index contributed by atoms with van der Waals surface area (Å²) < 4.78 is 1.69. The molecule has 2 aromatic carbocycles. The van der Waals surface area contributed by atoms with Crippen molar-refractivity contribution in [2.75, 3.05) is 13.6 Å². The molecule has 0 bridgehead atoms. The molecule has 154 valence electrons. The van der Waals surface area contributed by atoms with Gasteiger partial charge in [-0.2, -0.15) is 0 Å². The lowest BCUT2D eigenvalue weighted by molar-refractivity contribution is 0.0769. The molecule has 1 aliphatic rings. The van der Waals surface area contributed by atoms with Gasteiger partial charge in [0.2, 0.25) is 0 Å². The second kappa shape index (κ2) is 7.90. The first-order chi connectivity index (χ1) is 14.4. The van der Waals surface area contributed by atoms with Gasteiger partial charge in [0.25, 0.3) is 5.91 Å². The van der Waals surface area contributed by atoms with Crippen LogP contribution in [-0.4, -0.2) is 39.4 Å². The fraction of sp³-hybridized carbons (Fsp3) is 0.320. The molecule has 1 fully saturated rings. The van der Waals surface area contributed by atoms with Crippen LogP contribution < -0.4 is 0 Å². The third kappa shape index (κ3) is 3.92. The van der Waals surface area contributed by atoms with E-state index in [-0.39, 0.29) is 16.7 Å². The predicted octanol–water partition coefficient (Wildman–Crippen LogP) is 4.43. The van der Waals surface area contributed by atoms with E-state index < -0.39 is 0 Å². The van der Waals surface area contributed by atoms with E-state index in [9.17, 15) is 4.79 Å². The molecule has 1 heterocycles. The minimum absolute atomic E-state index is 0.00686. The Bertz CT molecular complexity index is 1040. The number of hydrogen-bond donors (Lipinski definition) is 0. The molecule has 5 nitrogen and oxygen atoms in total. The van der Waals surface area contributed by atoms with Gasteiger partial charge < -0.3 is 4.90 Å². The molecule has 3 aromatic rings. The van der Waals surface area contributed by atoms with Crippen molar-refractivity contribution in [1.82, 2.24) is 19.9 Å². The summed E-state index contributed by atoms with van der Waals surface area (Å²) in [5.74, 6) is -0.0914. The number of nitrogens with zero attached hydrogens (tertiary/aromatic N) is 4. The maximum atomic E-state index is 13.0. The molecule has 0 unspecified atom stereocenters. The Labute approximate surface area is 178 Å². The van der Waals surface area contributed by atoms with Gasteiger partial charge in [0, 0.05) is 19.0 Å². The van der Waals surface area contributed by atoms with Crippen LogP contribution in [0.5, 0.6) is 0 Å². The van der Waals surface area contributed by atoms with Gasteiger partial charge in [-0.3, -0.25) is 4.79 Å². The number of aromatic nitrogens is 3. The van der Waals surface area contributed by atoms with Gasteiger partial charge >= 0.3 is 0 Å². The Balaban J connectivity index is 1.42. The van der Waals surface area contributed by atoms with E-state index >= 15 is 0 Å². The molecule has 1 atom stereocenters. The standard InChI is InChI=1S/C25H28N4O/c1-24(2)18-25(24,21-14-8-5-9-15-21)19-28(3)23(30)22-17-29(27-26-22)16-10-13-20-11-6-4-7-12-20/h4-15,17H,16,18-19H2,1-3H3/b13-10+/t25-/m1/s1. The largest absolute Gasteiger partial charge is 0.339 e. The van der Waals surface area contributed by atoms with Gasteiger partial charge in [0.1, 0.15) is 0 Å². The molecular formula is C25H28N4O. The SMILES string of the molecule is CN(C[C@@]1(c2ccccc2)CC1(C)C)C(=O)c1cn(C/C=C/c2ccccc2)nn1. The smallest absolute Gasteiger partial charge is 0.275 e. The first kappa shape index (κ1) is 20.1. The Morgan fingerprint density at radius 2 is 1.73 bits per heavy atom. The summed E-state index contributed by atoms with van der Waals surface area (Å²) in [5, 5.41) is 8.23. The van der Waals surface area contributed by atoms with Crippen LogP contribution in [0.2, 0.25) is 0 Å². The number of carbonyl (C=O) groups is 1. The molecule has 5 heteroatoms. The van der Waals surface area contributed by atoms with Crippen molar-refractivity contribution in [3.8, 4) is 0 Å². The predicted molar refractivity (Wildman–Crippen MR) is 119 cm³/mol. The van der Waals surface area contributed by atoms with E-state index in [1.54, 1.807) is 15.8 Å². The summed E-state index contributed by atoms with van der Waals surface area (Å²) in [5.41, 5.74) is 2.97. The average molecular weight is 401 g/mol. The van der Waals surface area contributed by atoms with Crippen LogP contribution in [0, 0.1) is 5.41 Å². The molecule has 1 aliphatic carbocycles. The Morgan fingerprint density at radius 1 is 1.10 bits per heavy atom. The number of likely N-dealkylation sites (N-methyl/N-ethyl adjacent to an activating group) is 1. The normalized spacial score (nSPS) is 19.7. The molecule has 30 heavy (non-hydrogen) atoms. The number of carbonyl (C=O) groups excluding carboxylic acids is 1. The third-order valence-electron chi connectivity index (χ3n) is 6.25. The lowest BCUT2D eigenvalue weighted by Crippen LogP contribution is -2.36.